The summed E-state index contributed by atoms with van der Waals surface area (Å²) in [6.45, 7) is 3.86. The second kappa shape index (κ2) is 3.49. The van der Waals surface area contributed by atoms with Gasteiger partial charge in [-0.05, 0) is 19.9 Å². The van der Waals surface area contributed by atoms with Crippen LogP contribution < -0.4 is 5.73 Å². The fourth-order valence-corrected chi connectivity index (χ4v) is 1.82. The lowest BCUT2D eigenvalue weighted by Gasteiger charge is -1.94. The molecule has 0 saturated carbocycles. The molecule has 0 aliphatic carbocycles. The Morgan fingerprint density at radius 1 is 1.58 bits per heavy atom. The lowest BCUT2D eigenvalue weighted by molar-refractivity contribution is 1.19. The molecule has 1 rings (SSSR count). The standard InChI is InChI=1S/C8H11N3S/c1-5-8(7(10)3-4-9)12-6(2)11-5/h3-4,9H,10H2,1-2H3. The Bertz CT molecular complexity index is 325. The molecule has 0 aliphatic heterocycles. The molecule has 0 fully saturated rings. The molecule has 3 N–H and O–H groups in total. The van der Waals surface area contributed by atoms with Crippen LogP contribution in [0.5, 0.6) is 0 Å². The first-order chi connectivity index (χ1) is 5.65. The lowest BCUT2D eigenvalue weighted by Crippen LogP contribution is -1.95. The highest BCUT2D eigenvalue weighted by Crippen LogP contribution is 2.21. The number of nitrogens with two attached hydrogens (primary N) is 1. The molecule has 1 aromatic heterocycles. The maximum atomic E-state index is 6.86. The van der Waals surface area contributed by atoms with Crippen molar-refractivity contribution in [2.75, 3.05) is 0 Å². The Labute approximate surface area is 75.5 Å². The summed E-state index contributed by atoms with van der Waals surface area (Å²) in [5.41, 5.74) is 7.26. The van der Waals surface area contributed by atoms with Crippen LogP contribution in [0, 0.1) is 19.3 Å². The summed E-state index contributed by atoms with van der Waals surface area (Å²) in [4.78, 5) is 5.21. The summed E-state index contributed by atoms with van der Waals surface area (Å²) < 4.78 is 0. The Balaban J connectivity index is 3.10. The van der Waals surface area contributed by atoms with E-state index in [1.165, 1.54) is 6.21 Å². The van der Waals surface area contributed by atoms with Crippen molar-refractivity contribution in [1.82, 2.24) is 4.98 Å². The van der Waals surface area contributed by atoms with Crippen molar-refractivity contribution in [2.24, 2.45) is 5.73 Å². The van der Waals surface area contributed by atoms with Gasteiger partial charge in [-0.1, -0.05) is 0 Å². The van der Waals surface area contributed by atoms with Crippen LogP contribution in [0.25, 0.3) is 5.70 Å². The van der Waals surface area contributed by atoms with Gasteiger partial charge in [-0.2, -0.15) is 0 Å². The van der Waals surface area contributed by atoms with Crippen molar-refractivity contribution in [3.8, 4) is 0 Å². The minimum atomic E-state index is 0.619. The average molecular weight is 181 g/mol. The molecule has 0 saturated heterocycles. The molecule has 0 spiro atoms. The van der Waals surface area contributed by atoms with E-state index in [1.807, 2.05) is 13.8 Å². The summed E-state index contributed by atoms with van der Waals surface area (Å²) >= 11 is 1.55. The fraction of sp³-hybridized carbons (Fsp3) is 0.250. The van der Waals surface area contributed by atoms with Crippen molar-refractivity contribution in [3.05, 3.63) is 21.7 Å². The molecule has 0 atom stereocenters. The molecule has 0 aromatic carbocycles. The SMILES string of the molecule is Cc1nc(C)c(C(N)=CC=N)s1. The van der Waals surface area contributed by atoms with Gasteiger partial charge in [0.2, 0.25) is 0 Å². The number of rotatable bonds is 2. The molecule has 12 heavy (non-hydrogen) atoms. The van der Waals surface area contributed by atoms with E-state index < -0.39 is 0 Å². The first-order valence-corrected chi connectivity index (χ1v) is 4.37. The molecule has 0 amide bonds. The van der Waals surface area contributed by atoms with E-state index in [4.69, 9.17) is 11.1 Å². The highest BCUT2D eigenvalue weighted by Gasteiger charge is 2.05. The number of aromatic nitrogens is 1. The average Bonchev–Trinajstić information content (AvgIpc) is 2.30. The highest BCUT2D eigenvalue weighted by molar-refractivity contribution is 7.12. The Morgan fingerprint density at radius 3 is 2.67 bits per heavy atom. The molecule has 4 heteroatoms. The number of hydrogen-bond acceptors (Lipinski definition) is 4. The summed E-state index contributed by atoms with van der Waals surface area (Å²) in [6, 6.07) is 0. The monoisotopic (exact) mass is 181 g/mol. The van der Waals surface area contributed by atoms with E-state index in [1.54, 1.807) is 17.4 Å². The Kier molecular flexibility index (Phi) is 2.60. The van der Waals surface area contributed by atoms with Crippen LogP contribution >= 0.6 is 11.3 Å². The number of aryl methyl sites for hydroxylation is 2. The number of allylic oxidation sites excluding steroid dienone is 1. The molecular formula is C8H11N3S. The van der Waals surface area contributed by atoms with Crippen LogP contribution in [-0.4, -0.2) is 11.2 Å². The van der Waals surface area contributed by atoms with E-state index in [0.717, 1.165) is 15.6 Å². The Morgan fingerprint density at radius 2 is 2.25 bits per heavy atom. The third-order valence-corrected chi connectivity index (χ3v) is 2.55. The third-order valence-electron chi connectivity index (χ3n) is 1.43. The van der Waals surface area contributed by atoms with Crippen LogP contribution in [0.2, 0.25) is 0 Å². The van der Waals surface area contributed by atoms with E-state index in [9.17, 15) is 0 Å². The first-order valence-electron chi connectivity index (χ1n) is 3.55. The molecule has 3 nitrogen and oxygen atoms in total. The minimum absolute atomic E-state index is 0.619. The topological polar surface area (TPSA) is 62.8 Å². The van der Waals surface area contributed by atoms with Gasteiger partial charge in [-0.25, -0.2) is 4.98 Å². The normalized spacial score (nSPS) is 11.7. The van der Waals surface area contributed by atoms with Crippen LogP contribution in [0.15, 0.2) is 6.08 Å². The highest BCUT2D eigenvalue weighted by atomic mass is 32.1. The maximum absolute atomic E-state index is 6.86. The largest absolute Gasteiger partial charge is 0.397 e. The van der Waals surface area contributed by atoms with E-state index in [0.29, 0.717) is 5.70 Å². The van der Waals surface area contributed by atoms with Crippen LogP contribution in [0.4, 0.5) is 0 Å². The molecule has 0 bridgehead atoms. The molecule has 0 radical (unpaired) electrons. The molecule has 0 aliphatic rings. The van der Waals surface area contributed by atoms with Gasteiger partial charge in [-0.3, -0.25) is 0 Å². The fourth-order valence-electron chi connectivity index (χ4n) is 0.965. The summed E-state index contributed by atoms with van der Waals surface area (Å²) in [5, 5.41) is 7.87. The molecule has 1 aromatic rings. The van der Waals surface area contributed by atoms with Crippen molar-refractivity contribution in [3.63, 3.8) is 0 Å². The van der Waals surface area contributed by atoms with Gasteiger partial charge < -0.3 is 11.1 Å². The quantitative estimate of drug-likeness (QED) is 0.682. The van der Waals surface area contributed by atoms with E-state index >= 15 is 0 Å². The third kappa shape index (κ3) is 1.71. The van der Waals surface area contributed by atoms with Gasteiger partial charge >= 0.3 is 0 Å². The zero-order valence-electron chi connectivity index (χ0n) is 7.09. The summed E-state index contributed by atoms with van der Waals surface area (Å²) in [7, 11) is 0. The zero-order chi connectivity index (χ0) is 9.14. The van der Waals surface area contributed by atoms with Gasteiger partial charge in [0.15, 0.2) is 0 Å². The summed E-state index contributed by atoms with van der Waals surface area (Å²) in [5.74, 6) is 0. The van der Waals surface area contributed by atoms with Crippen molar-refractivity contribution in [2.45, 2.75) is 13.8 Å². The van der Waals surface area contributed by atoms with Crippen LogP contribution in [0.1, 0.15) is 15.6 Å². The van der Waals surface area contributed by atoms with Crippen molar-refractivity contribution in [1.29, 1.82) is 5.41 Å². The lowest BCUT2D eigenvalue weighted by atomic mass is 10.3. The predicted molar refractivity (Wildman–Crippen MR) is 52.5 cm³/mol. The van der Waals surface area contributed by atoms with Gasteiger partial charge in [-0.15, -0.1) is 11.3 Å². The van der Waals surface area contributed by atoms with Gasteiger partial charge in [0, 0.05) is 6.21 Å². The molecule has 1 heterocycles. The van der Waals surface area contributed by atoms with Gasteiger partial charge in [0.05, 0.1) is 21.3 Å². The smallest absolute Gasteiger partial charge is 0.0904 e. The van der Waals surface area contributed by atoms with Gasteiger partial charge in [0.1, 0.15) is 0 Å². The summed E-state index contributed by atoms with van der Waals surface area (Å²) in [6.07, 6.45) is 2.75. The van der Waals surface area contributed by atoms with Gasteiger partial charge in [0.25, 0.3) is 0 Å². The first kappa shape index (κ1) is 8.93. The van der Waals surface area contributed by atoms with Crippen molar-refractivity contribution < 1.29 is 0 Å². The predicted octanol–water partition coefficient (Wildman–Crippen LogP) is 1.71. The second-order valence-electron chi connectivity index (χ2n) is 2.44. The van der Waals surface area contributed by atoms with Crippen LogP contribution in [0.3, 0.4) is 0 Å². The molecule has 64 valence electrons. The van der Waals surface area contributed by atoms with E-state index in [-0.39, 0.29) is 0 Å². The number of thiazole rings is 1. The van der Waals surface area contributed by atoms with Crippen molar-refractivity contribution >= 4 is 23.2 Å². The maximum Gasteiger partial charge on any atom is 0.0904 e. The number of hydrogen-bond donors (Lipinski definition) is 2. The number of nitrogens with zero attached hydrogens (tertiary/aromatic N) is 1. The minimum Gasteiger partial charge on any atom is -0.397 e. The second-order valence-corrected chi connectivity index (χ2v) is 3.64. The number of nitrogens with one attached hydrogen (secondary N) is 1. The van der Waals surface area contributed by atoms with Crippen LogP contribution in [-0.2, 0) is 0 Å². The Hall–Kier alpha value is -1.16. The van der Waals surface area contributed by atoms with E-state index in [2.05, 4.69) is 4.98 Å². The molecule has 0 unspecified atom stereocenters. The zero-order valence-corrected chi connectivity index (χ0v) is 7.90. The molecular weight excluding hydrogens is 170 g/mol.